The highest BCUT2D eigenvalue weighted by Crippen LogP contribution is 2.38. The largest absolute Gasteiger partial charge is 0.493 e. The Balaban J connectivity index is 1.86. The van der Waals surface area contributed by atoms with Crippen LogP contribution in [0, 0.1) is 0 Å². The molecule has 7 heteroatoms. The van der Waals surface area contributed by atoms with Crippen molar-refractivity contribution in [3.8, 4) is 5.75 Å². The van der Waals surface area contributed by atoms with Gasteiger partial charge in [-0.2, -0.15) is 13.2 Å². The zero-order valence-corrected chi connectivity index (χ0v) is 22.6. The van der Waals surface area contributed by atoms with Crippen LogP contribution in [0.25, 0.3) is 0 Å². The minimum Gasteiger partial charge on any atom is -0.493 e. The first-order valence-electron chi connectivity index (χ1n) is 12.3. The normalized spacial score (nSPS) is 12.4. The number of ether oxygens (including phenoxy) is 1. The number of hydrogen-bond donors (Lipinski definition) is 2. The van der Waals surface area contributed by atoms with E-state index < -0.39 is 11.7 Å². The lowest BCUT2D eigenvalue weighted by molar-refractivity contribution is -0.137. The Hall–Kier alpha value is -2.28. The highest BCUT2D eigenvalue weighted by Gasteiger charge is 2.30. The molecule has 2 aromatic carbocycles. The lowest BCUT2D eigenvalue weighted by atomic mass is 9.76. The Morgan fingerprint density at radius 2 is 1.57 bits per heavy atom. The molecule has 0 atom stereocenters. The molecule has 0 unspecified atom stereocenters. The van der Waals surface area contributed by atoms with Crippen LogP contribution in [-0.4, -0.2) is 18.3 Å². The van der Waals surface area contributed by atoms with Crippen molar-refractivity contribution in [2.24, 2.45) is 0 Å². The van der Waals surface area contributed by atoms with Crippen LogP contribution in [0.1, 0.15) is 83.9 Å². The van der Waals surface area contributed by atoms with E-state index in [4.69, 9.17) is 17.0 Å². The van der Waals surface area contributed by atoms with Gasteiger partial charge in [0.2, 0.25) is 0 Å². The number of benzene rings is 2. The molecule has 3 nitrogen and oxygen atoms in total. The molecule has 0 bridgehead atoms. The van der Waals surface area contributed by atoms with Gasteiger partial charge in [0, 0.05) is 17.8 Å². The molecular formula is C28H39F3N2OS. The molecule has 0 saturated heterocycles. The van der Waals surface area contributed by atoms with Crippen molar-refractivity contribution < 1.29 is 17.9 Å². The highest BCUT2D eigenvalue weighted by atomic mass is 32.1. The lowest BCUT2D eigenvalue weighted by Crippen LogP contribution is -2.29. The molecule has 2 rings (SSSR count). The third-order valence-electron chi connectivity index (χ3n) is 6.82. The topological polar surface area (TPSA) is 33.3 Å². The number of rotatable bonds is 11. The predicted octanol–water partition coefficient (Wildman–Crippen LogP) is 8.23. The second kappa shape index (κ2) is 12.1. The molecule has 0 amide bonds. The van der Waals surface area contributed by atoms with Gasteiger partial charge >= 0.3 is 6.18 Å². The third-order valence-corrected chi connectivity index (χ3v) is 7.07. The fourth-order valence-electron chi connectivity index (χ4n) is 3.56. The first-order valence-corrected chi connectivity index (χ1v) is 12.7. The number of alkyl halides is 3. The van der Waals surface area contributed by atoms with Crippen molar-refractivity contribution in [3.05, 3.63) is 59.2 Å². The Morgan fingerprint density at radius 1 is 0.886 bits per heavy atom. The van der Waals surface area contributed by atoms with Crippen molar-refractivity contribution in [2.75, 3.05) is 18.5 Å². The summed E-state index contributed by atoms with van der Waals surface area (Å²) in [7, 11) is 0. The van der Waals surface area contributed by atoms with Crippen LogP contribution in [0.2, 0.25) is 0 Å². The van der Waals surface area contributed by atoms with Crippen molar-refractivity contribution in [1.29, 1.82) is 0 Å². The third kappa shape index (κ3) is 8.41. The fourth-order valence-corrected chi connectivity index (χ4v) is 3.78. The van der Waals surface area contributed by atoms with Crippen LogP contribution < -0.4 is 15.4 Å². The second-order valence-electron chi connectivity index (χ2n) is 10.2. The van der Waals surface area contributed by atoms with Crippen molar-refractivity contribution >= 4 is 23.0 Å². The minimum absolute atomic E-state index is 0.0119. The number of unbranched alkanes of at least 4 members (excludes halogenated alkanes) is 1. The van der Waals surface area contributed by atoms with E-state index in [9.17, 15) is 13.2 Å². The van der Waals surface area contributed by atoms with Gasteiger partial charge in [-0.1, -0.05) is 59.7 Å². The summed E-state index contributed by atoms with van der Waals surface area (Å²) < 4.78 is 44.8. The molecule has 0 aromatic heterocycles. The number of hydrogen-bond acceptors (Lipinski definition) is 2. The number of anilines is 1. The summed E-state index contributed by atoms with van der Waals surface area (Å²) in [6.45, 7) is 14.6. The molecule has 0 aliphatic heterocycles. The SMILES string of the molecule is CCC(C)(C)c1ccc(OCCCCNC(=S)Nc2cccc(C(F)(F)F)c2)c(C(C)(C)CC)c1. The van der Waals surface area contributed by atoms with Gasteiger partial charge in [0.15, 0.2) is 5.11 Å². The van der Waals surface area contributed by atoms with Gasteiger partial charge in [0.05, 0.1) is 12.2 Å². The van der Waals surface area contributed by atoms with Gasteiger partial charge < -0.3 is 15.4 Å². The van der Waals surface area contributed by atoms with Crippen LogP contribution in [0.15, 0.2) is 42.5 Å². The summed E-state index contributed by atoms with van der Waals surface area (Å²) in [5.41, 5.74) is 2.29. The Morgan fingerprint density at radius 3 is 2.20 bits per heavy atom. The Labute approximate surface area is 213 Å². The molecule has 0 saturated carbocycles. The van der Waals surface area contributed by atoms with E-state index in [1.807, 2.05) is 0 Å². The summed E-state index contributed by atoms with van der Waals surface area (Å²) in [4.78, 5) is 0. The van der Waals surface area contributed by atoms with Crippen LogP contribution in [0.4, 0.5) is 18.9 Å². The monoisotopic (exact) mass is 508 g/mol. The fraction of sp³-hybridized carbons (Fsp3) is 0.536. The predicted molar refractivity (Wildman–Crippen MR) is 143 cm³/mol. The molecular weight excluding hydrogens is 469 g/mol. The molecule has 0 radical (unpaired) electrons. The lowest BCUT2D eigenvalue weighted by Gasteiger charge is -2.30. The summed E-state index contributed by atoms with van der Waals surface area (Å²) in [6.07, 6.45) is -0.660. The molecule has 0 fully saturated rings. The number of thiocarbonyl (C=S) groups is 1. The number of nitrogens with one attached hydrogen (secondary N) is 2. The van der Waals surface area contributed by atoms with Gasteiger partial charge in [-0.15, -0.1) is 0 Å². The van der Waals surface area contributed by atoms with Crippen molar-refractivity contribution in [1.82, 2.24) is 5.32 Å². The summed E-state index contributed by atoms with van der Waals surface area (Å²) in [5, 5.41) is 6.16. The summed E-state index contributed by atoms with van der Waals surface area (Å²) in [6, 6.07) is 11.6. The zero-order valence-electron chi connectivity index (χ0n) is 21.7. The molecule has 2 N–H and O–H groups in total. The van der Waals surface area contributed by atoms with Gasteiger partial charge in [-0.25, -0.2) is 0 Å². The first-order chi connectivity index (χ1) is 16.3. The minimum atomic E-state index is -4.38. The zero-order chi connectivity index (χ0) is 26.3. The van der Waals surface area contributed by atoms with Crippen molar-refractivity contribution in [3.63, 3.8) is 0 Å². The van der Waals surface area contributed by atoms with Gasteiger partial charge in [-0.05, 0) is 78.6 Å². The van der Waals surface area contributed by atoms with E-state index in [0.29, 0.717) is 24.0 Å². The van der Waals surface area contributed by atoms with Gasteiger partial charge in [-0.3, -0.25) is 0 Å². The average molecular weight is 509 g/mol. The van der Waals surface area contributed by atoms with E-state index in [2.05, 4.69) is 70.4 Å². The molecule has 194 valence electrons. The molecule has 0 aliphatic rings. The smallest absolute Gasteiger partial charge is 0.416 e. The van der Waals surface area contributed by atoms with E-state index in [0.717, 1.165) is 43.6 Å². The summed E-state index contributed by atoms with van der Waals surface area (Å²) >= 11 is 5.22. The molecule has 2 aromatic rings. The Kier molecular flexibility index (Phi) is 10.0. The van der Waals surface area contributed by atoms with E-state index in [1.54, 1.807) is 6.07 Å². The summed E-state index contributed by atoms with van der Waals surface area (Å²) in [5.74, 6) is 0.933. The molecule has 0 spiro atoms. The van der Waals surface area contributed by atoms with Crippen molar-refractivity contribution in [2.45, 2.75) is 84.2 Å². The molecule has 35 heavy (non-hydrogen) atoms. The van der Waals surface area contributed by atoms with Crippen LogP contribution in [-0.2, 0) is 17.0 Å². The van der Waals surface area contributed by atoms with Crippen LogP contribution >= 0.6 is 12.2 Å². The van der Waals surface area contributed by atoms with E-state index in [1.165, 1.54) is 17.2 Å². The van der Waals surface area contributed by atoms with Crippen LogP contribution in [0.5, 0.6) is 5.75 Å². The van der Waals surface area contributed by atoms with Gasteiger partial charge in [0.1, 0.15) is 5.75 Å². The molecule has 0 heterocycles. The average Bonchev–Trinajstić information content (AvgIpc) is 2.80. The quantitative estimate of drug-likeness (QED) is 0.237. The van der Waals surface area contributed by atoms with Crippen LogP contribution in [0.3, 0.4) is 0 Å². The second-order valence-corrected chi connectivity index (χ2v) is 10.6. The highest BCUT2D eigenvalue weighted by molar-refractivity contribution is 7.80. The number of halogens is 3. The standard InChI is InChI=1S/C28H39F3N2OS/c1-7-26(3,4)20-14-15-24(23(19-20)27(5,6)8-2)34-17-10-9-16-32-25(35)33-22-13-11-12-21(18-22)28(29,30)31/h11-15,18-19H,7-10,16-17H2,1-6H3,(H2,32,33,35). The first kappa shape index (κ1) is 29.0. The maximum absolute atomic E-state index is 12.9. The maximum atomic E-state index is 12.9. The van der Waals surface area contributed by atoms with E-state index in [-0.39, 0.29) is 10.8 Å². The maximum Gasteiger partial charge on any atom is 0.416 e. The van der Waals surface area contributed by atoms with Gasteiger partial charge in [0.25, 0.3) is 0 Å². The van der Waals surface area contributed by atoms with E-state index >= 15 is 0 Å². The Bertz CT molecular complexity index is 986. The molecule has 0 aliphatic carbocycles.